The fourth-order valence-corrected chi connectivity index (χ4v) is 4.10. The number of carbonyl (C=O) groups excluding carboxylic acids is 1. The summed E-state index contributed by atoms with van der Waals surface area (Å²) in [5.74, 6) is 1.75. The molecule has 2 aromatic rings. The molecule has 0 spiro atoms. The van der Waals surface area contributed by atoms with E-state index in [2.05, 4.69) is 11.0 Å². The number of nitrogens with zero attached hydrogens (tertiary/aromatic N) is 2. The first-order valence-corrected chi connectivity index (χ1v) is 10.4. The third-order valence-corrected chi connectivity index (χ3v) is 6.13. The summed E-state index contributed by atoms with van der Waals surface area (Å²) in [6, 6.07) is 15.8. The molecule has 2 fully saturated rings. The van der Waals surface area contributed by atoms with Gasteiger partial charge in [-0.1, -0.05) is 29.8 Å². The molecule has 1 unspecified atom stereocenters. The molecule has 0 N–H and O–H groups in total. The van der Waals surface area contributed by atoms with Crippen LogP contribution in [0.15, 0.2) is 48.5 Å². The summed E-state index contributed by atoms with van der Waals surface area (Å²) in [4.78, 5) is 17.7. The number of methoxy groups -OCH3 is 1. The van der Waals surface area contributed by atoms with Gasteiger partial charge >= 0.3 is 0 Å². The Morgan fingerprint density at radius 3 is 2.57 bits per heavy atom. The third kappa shape index (κ3) is 4.50. The van der Waals surface area contributed by atoms with Gasteiger partial charge in [0.15, 0.2) is 0 Å². The lowest BCUT2D eigenvalue weighted by Gasteiger charge is -2.26. The van der Waals surface area contributed by atoms with E-state index < -0.39 is 0 Å². The Morgan fingerprint density at radius 2 is 1.89 bits per heavy atom. The largest absolute Gasteiger partial charge is 0.497 e. The van der Waals surface area contributed by atoms with Crippen LogP contribution in [0.5, 0.6) is 5.75 Å². The summed E-state index contributed by atoms with van der Waals surface area (Å²) in [6.45, 7) is 3.35. The average Bonchev–Trinajstić information content (AvgIpc) is 3.43. The molecule has 0 radical (unpaired) electrons. The van der Waals surface area contributed by atoms with E-state index in [4.69, 9.17) is 16.3 Å². The van der Waals surface area contributed by atoms with Gasteiger partial charge in [-0.05, 0) is 67.6 Å². The lowest BCUT2D eigenvalue weighted by atomic mass is 10.1. The van der Waals surface area contributed by atoms with Crippen LogP contribution >= 0.6 is 11.6 Å². The summed E-state index contributed by atoms with van der Waals surface area (Å²) in [7, 11) is 1.66. The number of halogens is 1. The van der Waals surface area contributed by atoms with Crippen LogP contribution in [0.25, 0.3) is 0 Å². The monoisotopic (exact) mass is 398 g/mol. The van der Waals surface area contributed by atoms with Crippen LogP contribution in [0.2, 0.25) is 5.02 Å². The minimum Gasteiger partial charge on any atom is -0.497 e. The van der Waals surface area contributed by atoms with Crippen molar-refractivity contribution in [3.8, 4) is 5.75 Å². The van der Waals surface area contributed by atoms with Crippen molar-refractivity contribution in [3.05, 3.63) is 59.1 Å². The van der Waals surface area contributed by atoms with Gasteiger partial charge in [0.25, 0.3) is 0 Å². The number of anilines is 1. The molecule has 1 heterocycles. The Hall–Kier alpha value is -2.04. The standard InChI is InChI=1S/C23H27ClN2O2/c1-28-21-10-8-20(9-11-21)26(14-17-6-7-17)23(27)19-12-13-25(16-19)15-18-4-2-3-5-22(18)24/h2-5,8-11,17,19H,6-7,12-16H2,1H3. The summed E-state index contributed by atoms with van der Waals surface area (Å²) in [5.41, 5.74) is 2.10. The van der Waals surface area contributed by atoms with Crippen molar-refractivity contribution in [3.63, 3.8) is 0 Å². The molecule has 1 saturated heterocycles. The molecule has 0 aromatic heterocycles. The molecule has 5 heteroatoms. The highest BCUT2D eigenvalue weighted by Crippen LogP contribution is 2.34. The molecule has 148 valence electrons. The van der Waals surface area contributed by atoms with Crippen molar-refractivity contribution in [2.45, 2.75) is 25.8 Å². The van der Waals surface area contributed by atoms with E-state index in [0.717, 1.165) is 54.6 Å². The molecule has 0 bridgehead atoms. The van der Waals surface area contributed by atoms with Crippen molar-refractivity contribution in [1.82, 2.24) is 4.90 Å². The fourth-order valence-electron chi connectivity index (χ4n) is 3.91. The predicted molar refractivity (Wildman–Crippen MR) is 113 cm³/mol. The van der Waals surface area contributed by atoms with E-state index in [1.165, 1.54) is 12.8 Å². The molecule has 1 aliphatic heterocycles. The van der Waals surface area contributed by atoms with Crippen LogP contribution in [0, 0.1) is 11.8 Å². The molecule has 2 aliphatic rings. The first kappa shape index (κ1) is 19.3. The van der Waals surface area contributed by atoms with Crippen molar-refractivity contribution < 1.29 is 9.53 Å². The zero-order valence-corrected chi connectivity index (χ0v) is 17.1. The van der Waals surface area contributed by atoms with Crippen LogP contribution in [0.1, 0.15) is 24.8 Å². The first-order valence-electron chi connectivity index (χ1n) is 10.0. The molecule has 1 amide bonds. The second kappa shape index (κ2) is 8.54. The van der Waals surface area contributed by atoms with E-state index in [1.807, 2.05) is 47.4 Å². The highest BCUT2D eigenvalue weighted by Gasteiger charge is 2.35. The second-order valence-corrected chi connectivity index (χ2v) is 8.31. The van der Waals surface area contributed by atoms with Crippen molar-refractivity contribution in [1.29, 1.82) is 0 Å². The Balaban J connectivity index is 1.44. The van der Waals surface area contributed by atoms with Gasteiger partial charge in [0.05, 0.1) is 13.0 Å². The second-order valence-electron chi connectivity index (χ2n) is 7.90. The topological polar surface area (TPSA) is 32.8 Å². The van der Waals surface area contributed by atoms with Gasteiger partial charge in [0, 0.05) is 30.3 Å². The van der Waals surface area contributed by atoms with Crippen molar-refractivity contribution >= 4 is 23.2 Å². The fraction of sp³-hybridized carbons (Fsp3) is 0.435. The lowest BCUT2D eigenvalue weighted by Crippen LogP contribution is -2.38. The van der Waals surface area contributed by atoms with Crippen LogP contribution in [0.4, 0.5) is 5.69 Å². The zero-order chi connectivity index (χ0) is 19.5. The number of hydrogen-bond donors (Lipinski definition) is 0. The van der Waals surface area contributed by atoms with Crippen molar-refractivity contribution in [2.75, 3.05) is 31.6 Å². The van der Waals surface area contributed by atoms with Crippen LogP contribution < -0.4 is 9.64 Å². The van der Waals surface area contributed by atoms with Crippen LogP contribution in [-0.2, 0) is 11.3 Å². The number of benzene rings is 2. The normalized spacial score (nSPS) is 19.6. The maximum absolute atomic E-state index is 13.4. The van der Waals surface area contributed by atoms with E-state index in [1.54, 1.807) is 7.11 Å². The van der Waals surface area contributed by atoms with Crippen LogP contribution in [0.3, 0.4) is 0 Å². The van der Waals surface area contributed by atoms with E-state index in [9.17, 15) is 4.79 Å². The molecule has 2 aromatic carbocycles. The number of amides is 1. The quantitative estimate of drug-likeness (QED) is 0.682. The Bertz CT molecular complexity index is 820. The number of ether oxygens (including phenoxy) is 1. The lowest BCUT2D eigenvalue weighted by molar-refractivity contribution is -0.122. The molecule has 4 nitrogen and oxygen atoms in total. The Kier molecular flexibility index (Phi) is 5.88. The van der Waals surface area contributed by atoms with Gasteiger partial charge in [0.1, 0.15) is 5.75 Å². The number of carbonyl (C=O) groups is 1. The first-order chi connectivity index (χ1) is 13.6. The van der Waals surface area contributed by atoms with Gasteiger partial charge < -0.3 is 9.64 Å². The number of likely N-dealkylation sites (tertiary alicyclic amines) is 1. The van der Waals surface area contributed by atoms with Crippen LogP contribution in [-0.4, -0.2) is 37.6 Å². The summed E-state index contributed by atoms with van der Waals surface area (Å²) in [6.07, 6.45) is 3.35. The Morgan fingerprint density at radius 1 is 1.14 bits per heavy atom. The molecule has 1 aliphatic carbocycles. The summed E-state index contributed by atoms with van der Waals surface area (Å²) in [5, 5.41) is 0.797. The van der Waals surface area contributed by atoms with E-state index >= 15 is 0 Å². The molecule has 4 rings (SSSR count). The average molecular weight is 399 g/mol. The van der Waals surface area contributed by atoms with Crippen molar-refractivity contribution in [2.24, 2.45) is 11.8 Å². The van der Waals surface area contributed by atoms with Gasteiger partial charge in [-0.2, -0.15) is 0 Å². The smallest absolute Gasteiger partial charge is 0.231 e. The Labute approximate surface area is 172 Å². The minimum absolute atomic E-state index is 0.0448. The number of rotatable bonds is 7. The van der Waals surface area contributed by atoms with E-state index in [-0.39, 0.29) is 11.8 Å². The SMILES string of the molecule is COc1ccc(N(CC2CC2)C(=O)C2CCN(Cc3ccccc3Cl)C2)cc1. The molecule has 1 saturated carbocycles. The van der Waals surface area contributed by atoms with E-state index in [0.29, 0.717) is 5.92 Å². The maximum Gasteiger partial charge on any atom is 0.231 e. The van der Waals surface area contributed by atoms with Gasteiger partial charge in [0.2, 0.25) is 5.91 Å². The summed E-state index contributed by atoms with van der Waals surface area (Å²) >= 11 is 6.31. The highest BCUT2D eigenvalue weighted by molar-refractivity contribution is 6.31. The summed E-state index contributed by atoms with van der Waals surface area (Å²) < 4.78 is 5.26. The van der Waals surface area contributed by atoms with Gasteiger partial charge in [-0.25, -0.2) is 0 Å². The highest BCUT2D eigenvalue weighted by atomic mass is 35.5. The molecular weight excluding hydrogens is 372 g/mol. The number of hydrogen-bond acceptors (Lipinski definition) is 3. The third-order valence-electron chi connectivity index (χ3n) is 5.76. The van der Waals surface area contributed by atoms with Gasteiger partial charge in [-0.3, -0.25) is 9.69 Å². The molecule has 28 heavy (non-hydrogen) atoms. The molecular formula is C23H27ClN2O2. The van der Waals surface area contributed by atoms with Gasteiger partial charge in [-0.15, -0.1) is 0 Å². The predicted octanol–water partition coefficient (Wildman–Crippen LogP) is 4.61. The zero-order valence-electron chi connectivity index (χ0n) is 16.3. The molecule has 1 atom stereocenters. The minimum atomic E-state index is 0.0448. The maximum atomic E-state index is 13.4.